The molecule has 0 aromatic carbocycles. The largest absolute Gasteiger partial charge is 0.478 e. The van der Waals surface area contributed by atoms with Crippen LogP contribution in [0, 0.1) is 0 Å². The maximum atomic E-state index is 12.2. The summed E-state index contributed by atoms with van der Waals surface area (Å²) in [6.45, 7) is 0.303. The maximum absolute atomic E-state index is 12.2. The topological polar surface area (TPSA) is 77.8 Å². The van der Waals surface area contributed by atoms with Crippen LogP contribution in [0.25, 0.3) is 6.08 Å². The first-order valence-electron chi connectivity index (χ1n) is 6.03. The van der Waals surface area contributed by atoms with Crippen LogP contribution >= 0.6 is 11.3 Å². The number of carboxylic acids is 1. The van der Waals surface area contributed by atoms with Crippen LogP contribution in [0.2, 0.25) is 0 Å². The molecule has 0 bridgehead atoms. The normalized spacial score (nSPS) is 14.8. The van der Waals surface area contributed by atoms with Crippen LogP contribution in [0.4, 0.5) is 0 Å². The van der Waals surface area contributed by atoms with Crippen molar-refractivity contribution in [2.24, 2.45) is 0 Å². The predicted octanol–water partition coefficient (Wildman–Crippen LogP) is 1.44. The molecule has 2 N–H and O–H groups in total. The molecule has 0 unspecified atom stereocenters. The molecule has 0 saturated heterocycles. The quantitative estimate of drug-likeness (QED) is 0.773. The minimum Gasteiger partial charge on any atom is -0.478 e. The minimum atomic E-state index is -1.01. The predicted molar refractivity (Wildman–Crippen MR) is 72.1 cm³/mol. The molecule has 1 aliphatic carbocycles. The summed E-state index contributed by atoms with van der Waals surface area (Å²) >= 11 is 1.33. The highest BCUT2D eigenvalue weighted by atomic mass is 32.1. The van der Waals surface area contributed by atoms with E-state index in [2.05, 4.69) is 0 Å². The molecule has 1 heterocycles. The fourth-order valence-corrected chi connectivity index (χ4v) is 2.59. The number of rotatable bonds is 6. The third-order valence-corrected chi connectivity index (χ3v) is 3.74. The van der Waals surface area contributed by atoms with Crippen LogP contribution < -0.4 is 0 Å². The van der Waals surface area contributed by atoms with Gasteiger partial charge in [-0.25, -0.2) is 4.79 Å². The van der Waals surface area contributed by atoms with Gasteiger partial charge in [-0.05, 0) is 25.0 Å². The van der Waals surface area contributed by atoms with Crippen LogP contribution in [0.1, 0.15) is 28.1 Å². The van der Waals surface area contributed by atoms with Gasteiger partial charge in [0.15, 0.2) is 0 Å². The summed E-state index contributed by atoms with van der Waals surface area (Å²) in [5.41, 5.74) is 0.551. The molecule has 1 aliphatic rings. The fraction of sp³-hybridized carbons (Fsp3) is 0.385. The number of aliphatic carboxylic acids is 1. The first-order chi connectivity index (χ1) is 9.11. The maximum Gasteiger partial charge on any atom is 0.328 e. The van der Waals surface area contributed by atoms with Crippen molar-refractivity contribution >= 4 is 29.3 Å². The summed E-state index contributed by atoms with van der Waals surface area (Å²) < 4.78 is 0. The number of aliphatic hydroxyl groups excluding tert-OH is 1. The molecule has 1 aromatic rings. The minimum absolute atomic E-state index is 0.0435. The van der Waals surface area contributed by atoms with Gasteiger partial charge in [0, 0.05) is 28.9 Å². The summed E-state index contributed by atoms with van der Waals surface area (Å²) in [6.07, 6.45) is 4.49. The van der Waals surface area contributed by atoms with Crippen LogP contribution in [-0.4, -0.2) is 46.2 Å². The van der Waals surface area contributed by atoms with Crippen molar-refractivity contribution in [3.63, 3.8) is 0 Å². The van der Waals surface area contributed by atoms with Crippen molar-refractivity contribution in [2.45, 2.75) is 18.9 Å². The lowest BCUT2D eigenvalue weighted by molar-refractivity contribution is -0.131. The molecule has 1 fully saturated rings. The van der Waals surface area contributed by atoms with Crippen LogP contribution in [0.3, 0.4) is 0 Å². The standard InChI is InChI=1S/C13H15NO4S/c15-6-5-14(10-1-2-10)13(18)9-7-11(19-8-9)3-4-12(16)17/h3-4,7-8,10,15H,1-2,5-6H2,(H,16,17). The highest BCUT2D eigenvalue weighted by Crippen LogP contribution is 2.29. The molecule has 0 radical (unpaired) electrons. The average molecular weight is 281 g/mol. The molecule has 6 heteroatoms. The molecular weight excluding hydrogens is 266 g/mol. The Hall–Kier alpha value is -1.66. The Labute approximate surface area is 114 Å². The second-order valence-electron chi connectivity index (χ2n) is 4.36. The third kappa shape index (κ3) is 3.65. The lowest BCUT2D eigenvalue weighted by Gasteiger charge is -2.20. The number of carbonyl (C=O) groups is 2. The van der Waals surface area contributed by atoms with E-state index >= 15 is 0 Å². The molecule has 0 atom stereocenters. The van der Waals surface area contributed by atoms with E-state index in [0.717, 1.165) is 23.8 Å². The first kappa shape index (κ1) is 13.8. The van der Waals surface area contributed by atoms with E-state index < -0.39 is 5.97 Å². The fourth-order valence-electron chi connectivity index (χ4n) is 1.82. The second kappa shape index (κ2) is 5.99. The summed E-state index contributed by atoms with van der Waals surface area (Å²) in [4.78, 5) is 25.1. The van der Waals surface area contributed by atoms with E-state index in [9.17, 15) is 9.59 Å². The van der Waals surface area contributed by atoms with Crippen molar-refractivity contribution < 1.29 is 19.8 Å². The summed E-state index contributed by atoms with van der Waals surface area (Å²) in [6, 6.07) is 1.93. The Morgan fingerprint density at radius 1 is 1.47 bits per heavy atom. The monoisotopic (exact) mass is 281 g/mol. The molecule has 2 rings (SSSR count). The number of carboxylic acid groups (broad SMARTS) is 1. The number of hydrogen-bond donors (Lipinski definition) is 2. The lowest BCUT2D eigenvalue weighted by Crippen LogP contribution is -2.35. The Bertz CT molecular complexity index is 504. The summed E-state index contributed by atoms with van der Waals surface area (Å²) in [5, 5.41) is 19.3. The van der Waals surface area contributed by atoms with Crippen LogP contribution in [0.5, 0.6) is 0 Å². The summed E-state index contributed by atoms with van der Waals surface area (Å²) in [7, 11) is 0. The van der Waals surface area contributed by atoms with E-state index in [1.165, 1.54) is 17.4 Å². The molecule has 19 heavy (non-hydrogen) atoms. The lowest BCUT2D eigenvalue weighted by atomic mass is 10.2. The van der Waals surface area contributed by atoms with E-state index in [1.807, 2.05) is 0 Å². The zero-order valence-electron chi connectivity index (χ0n) is 10.3. The molecule has 5 nitrogen and oxygen atoms in total. The number of nitrogens with zero attached hydrogens (tertiary/aromatic N) is 1. The van der Waals surface area contributed by atoms with Crippen molar-refractivity contribution in [1.82, 2.24) is 4.90 Å². The third-order valence-electron chi connectivity index (χ3n) is 2.85. The number of thiophene rings is 1. The van der Waals surface area contributed by atoms with Gasteiger partial charge < -0.3 is 15.1 Å². The van der Waals surface area contributed by atoms with Gasteiger partial charge in [0.05, 0.1) is 12.2 Å². The van der Waals surface area contributed by atoms with Gasteiger partial charge in [-0.2, -0.15) is 0 Å². The van der Waals surface area contributed by atoms with Gasteiger partial charge in [0.25, 0.3) is 5.91 Å². The van der Waals surface area contributed by atoms with E-state index in [0.29, 0.717) is 12.1 Å². The number of amides is 1. The highest BCUT2D eigenvalue weighted by Gasteiger charge is 2.32. The second-order valence-corrected chi connectivity index (χ2v) is 5.31. The van der Waals surface area contributed by atoms with Crippen molar-refractivity contribution in [1.29, 1.82) is 0 Å². The molecule has 1 aromatic heterocycles. The van der Waals surface area contributed by atoms with Gasteiger partial charge >= 0.3 is 5.97 Å². The Morgan fingerprint density at radius 3 is 2.79 bits per heavy atom. The van der Waals surface area contributed by atoms with Gasteiger partial charge in [-0.3, -0.25) is 4.79 Å². The Morgan fingerprint density at radius 2 is 2.21 bits per heavy atom. The van der Waals surface area contributed by atoms with E-state index in [-0.39, 0.29) is 18.6 Å². The smallest absolute Gasteiger partial charge is 0.328 e. The zero-order chi connectivity index (χ0) is 13.8. The molecule has 0 spiro atoms. The van der Waals surface area contributed by atoms with Gasteiger partial charge in [-0.15, -0.1) is 11.3 Å². The molecule has 102 valence electrons. The van der Waals surface area contributed by atoms with E-state index in [4.69, 9.17) is 10.2 Å². The Balaban J connectivity index is 2.08. The van der Waals surface area contributed by atoms with Gasteiger partial charge in [0.2, 0.25) is 0 Å². The molecule has 1 saturated carbocycles. The van der Waals surface area contributed by atoms with E-state index in [1.54, 1.807) is 16.3 Å². The number of aliphatic hydroxyl groups is 1. The number of hydrogen-bond acceptors (Lipinski definition) is 4. The Kier molecular flexibility index (Phi) is 4.34. The summed E-state index contributed by atoms with van der Waals surface area (Å²) in [5.74, 6) is -1.11. The van der Waals surface area contributed by atoms with Crippen LogP contribution in [-0.2, 0) is 4.79 Å². The highest BCUT2D eigenvalue weighted by molar-refractivity contribution is 7.11. The molecular formula is C13H15NO4S. The van der Waals surface area contributed by atoms with Crippen molar-refractivity contribution in [3.8, 4) is 0 Å². The van der Waals surface area contributed by atoms with Crippen molar-refractivity contribution in [3.05, 3.63) is 28.0 Å². The molecule has 1 amide bonds. The zero-order valence-corrected chi connectivity index (χ0v) is 11.1. The average Bonchev–Trinajstić information content (AvgIpc) is 3.10. The first-order valence-corrected chi connectivity index (χ1v) is 6.91. The number of carbonyl (C=O) groups excluding carboxylic acids is 1. The van der Waals surface area contributed by atoms with Gasteiger partial charge in [-0.1, -0.05) is 0 Å². The van der Waals surface area contributed by atoms with Crippen molar-refractivity contribution in [2.75, 3.05) is 13.2 Å². The van der Waals surface area contributed by atoms with Crippen LogP contribution in [0.15, 0.2) is 17.5 Å². The molecule has 0 aliphatic heterocycles. The SMILES string of the molecule is O=C(O)C=Cc1cc(C(=O)N(CCO)C2CC2)cs1. The van der Waals surface area contributed by atoms with Gasteiger partial charge in [0.1, 0.15) is 0 Å².